The fourth-order valence-electron chi connectivity index (χ4n) is 1.81. The third-order valence-electron chi connectivity index (χ3n) is 2.81. The molecular weight excluding hydrogens is 322 g/mol. The van der Waals surface area contributed by atoms with Gasteiger partial charge in [-0.15, -0.1) is 0 Å². The molecule has 0 aliphatic carbocycles. The number of nitrogens with zero attached hydrogens (tertiary/aromatic N) is 1. The Bertz CT molecular complexity index is 610. The van der Waals surface area contributed by atoms with E-state index in [1.807, 2.05) is 6.07 Å². The number of benzene rings is 1. The molecule has 0 aliphatic heterocycles. The van der Waals surface area contributed by atoms with Crippen molar-refractivity contribution in [1.29, 1.82) is 0 Å². The van der Waals surface area contributed by atoms with Gasteiger partial charge in [-0.05, 0) is 40.5 Å². The average molecular weight is 338 g/mol. The highest BCUT2D eigenvalue weighted by Crippen LogP contribution is 2.23. The molecule has 0 spiro atoms. The lowest BCUT2D eigenvalue weighted by Gasteiger charge is -2.06. The molecule has 0 atom stereocenters. The molecule has 6 heteroatoms. The van der Waals surface area contributed by atoms with Crippen LogP contribution in [-0.2, 0) is 6.42 Å². The second-order valence-electron chi connectivity index (χ2n) is 4.33. The molecule has 0 saturated carbocycles. The Hall–Kier alpha value is -1.82. The second-order valence-corrected chi connectivity index (χ2v) is 5.18. The van der Waals surface area contributed by atoms with Gasteiger partial charge in [0.25, 0.3) is 5.91 Å². The molecule has 5 nitrogen and oxygen atoms in total. The average Bonchev–Trinajstić information content (AvgIpc) is 2.87. The lowest BCUT2D eigenvalue weighted by Crippen LogP contribution is -2.13. The van der Waals surface area contributed by atoms with Crippen LogP contribution in [0.1, 0.15) is 29.4 Å². The van der Waals surface area contributed by atoms with Gasteiger partial charge >= 0.3 is 0 Å². The number of nitrogens with one attached hydrogen (secondary N) is 2. The fourth-order valence-corrected chi connectivity index (χ4v) is 2.24. The first-order valence-electron chi connectivity index (χ1n) is 6.33. The van der Waals surface area contributed by atoms with E-state index in [9.17, 15) is 4.79 Å². The van der Waals surface area contributed by atoms with Crippen LogP contribution in [0.15, 0.2) is 28.7 Å². The highest BCUT2D eigenvalue weighted by atomic mass is 79.9. The van der Waals surface area contributed by atoms with E-state index < -0.39 is 0 Å². The van der Waals surface area contributed by atoms with Crippen LogP contribution in [0.4, 0.5) is 5.82 Å². The molecule has 2 aromatic rings. The van der Waals surface area contributed by atoms with Crippen LogP contribution >= 0.6 is 15.9 Å². The Balaban J connectivity index is 2.14. The standard InChI is InChI=1S/C14H16BrN3O2/c1-3-4-9-7-13(18-17-9)16-14(19)11-8-10(20-2)5-6-12(11)15/h5-8H,3-4H2,1-2H3,(H2,16,17,18,19). The van der Waals surface area contributed by atoms with E-state index >= 15 is 0 Å². The monoisotopic (exact) mass is 337 g/mol. The van der Waals surface area contributed by atoms with Gasteiger partial charge in [-0.25, -0.2) is 0 Å². The number of hydrogen-bond acceptors (Lipinski definition) is 3. The van der Waals surface area contributed by atoms with E-state index in [0.29, 0.717) is 21.6 Å². The predicted molar refractivity (Wildman–Crippen MR) is 81.2 cm³/mol. The van der Waals surface area contributed by atoms with Crippen molar-refractivity contribution in [3.8, 4) is 5.75 Å². The molecule has 1 amide bonds. The predicted octanol–water partition coefficient (Wildman–Crippen LogP) is 3.39. The molecular formula is C14H16BrN3O2. The van der Waals surface area contributed by atoms with E-state index in [2.05, 4.69) is 38.4 Å². The number of amides is 1. The van der Waals surface area contributed by atoms with Crippen LogP contribution in [0.3, 0.4) is 0 Å². The number of H-pyrrole nitrogens is 1. The summed E-state index contributed by atoms with van der Waals surface area (Å²) in [7, 11) is 1.57. The lowest BCUT2D eigenvalue weighted by molar-refractivity contribution is 0.102. The van der Waals surface area contributed by atoms with Crippen LogP contribution in [0.5, 0.6) is 5.75 Å². The summed E-state index contributed by atoms with van der Waals surface area (Å²) in [5.41, 5.74) is 1.51. The van der Waals surface area contributed by atoms with Gasteiger partial charge in [0.15, 0.2) is 5.82 Å². The van der Waals surface area contributed by atoms with Crippen molar-refractivity contribution in [1.82, 2.24) is 10.2 Å². The van der Waals surface area contributed by atoms with Crippen molar-refractivity contribution in [2.45, 2.75) is 19.8 Å². The third kappa shape index (κ3) is 3.39. The summed E-state index contributed by atoms with van der Waals surface area (Å²) in [6.45, 7) is 2.09. The summed E-state index contributed by atoms with van der Waals surface area (Å²) in [6.07, 6.45) is 1.93. The first kappa shape index (κ1) is 14.6. The minimum atomic E-state index is -0.231. The summed E-state index contributed by atoms with van der Waals surface area (Å²) in [5.74, 6) is 0.922. The van der Waals surface area contributed by atoms with E-state index in [0.717, 1.165) is 18.5 Å². The van der Waals surface area contributed by atoms with E-state index in [1.54, 1.807) is 25.3 Å². The van der Waals surface area contributed by atoms with Gasteiger partial charge in [0.05, 0.1) is 12.7 Å². The summed E-state index contributed by atoms with van der Waals surface area (Å²) >= 11 is 3.36. The summed E-state index contributed by atoms with van der Waals surface area (Å²) < 4.78 is 5.83. The number of ether oxygens (including phenoxy) is 1. The lowest BCUT2D eigenvalue weighted by atomic mass is 10.2. The number of anilines is 1. The quantitative estimate of drug-likeness (QED) is 0.878. The number of hydrogen-bond donors (Lipinski definition) is 2. The zero-order valence-electron chi connectivity index (χ0n) is 11.4. The maximum atomic E-state index is 12.2. The Kier molecular flexibility index (Phi) is 4.79. The molecule has 0 radical (unpaired) electrons. The minimum absolute atomic E-state index is 0.231. The number of aromatic amines is 1. The van der Waals surface area contributed by atoms with Crippen molar-refractivity contribution in [2.24, 2.45) is 0 Å². The third-order valence-corrected chi connectivity index (χ3v) is 3.50. The Labute approximate surface area is 125 Å². The Morgan fingerprint density at radius 1 is 1.45 bits per heavy atom. The maximum absolute atomic E-state index is 12.2. The Morgan fingerprint density at radius 3 is 2.95 bits per heavy atom. The van der Waals surface area contributed by atoms with Crippen molar-refractivity contribution >= 4 is 27.7 Å². The second kappa shape index (κ2) is 6.56. The highest BCUT2D eigenvalue weighted by molar-refractivity contribution is 9.10. The normalized spacial score (nSPS) is 10.3. The van der Waals surface area contributed by atoms with E-state index in [1.165, 1.54) is 0 Å². The molecule has 0 fully saturated rings. The number of carbonyl (C=O) groups is 1. The first-order chi connectivity index (χ1) is 9.63. The van der Waals surface area contributed by atoms with Gasteiger partial charge in [0.2, 0.25) is 0 Å². The van der Waals surface area contributed by atoms with E-state index in [-0.39, 0.29) is 5.91 Å². The topological polar surface area (TPSA) is 67.0 Å². The molecule has 2 N–H and O–H groups in total. The Morgan fingerprint density at radius 2 is 2.25 bits per heavy atom. The molecule has 1 aromatic heterocycles. The van der Waals surface area contributed by atoms with Gasteiger partial charge in [0.1, 0.15) is 5.75 Å². The molecule has 2 rings (SSSR count). The SMILES string of the molecule is CCCc1cc(NC(=O)c2cc(OC)ccc2Br)n[nH]1. The molecule has 0 unspecified atom stereocenters. The summed E-state index contributed by atoms with van der Waals surface area (Å²) in [6, 6.07) is 7.09. The maximum Gasteiger partial charge on any atom is 0.258 e. The number of halogens is 1. The zero-order valence-corrected chi connectivity index (χ0v) is 13.0. The number of aryl methyl sites for hydroxylation is 1. The van der Waals surface area contributed by atoms with Crippen molar-refractivity contribution in [3.63, 3.8) is 0 Å². The molecule has 1 heterocycles. The van der Waals surface area contributed by atoms with Gasteiger partial charge < -0.3 is 10.1 Å². The van der Waals surface area contributed by atoms with Crippen LogP contribution in [0.25, 0.3) is 0 Å². The zero-order chi connectivity index (χ0) is 14.5. The van der Waals surface area contributed by atoms with Crippen LogP contribution in [0.2, 0.25) is 0 Å². The van der Waals surface area contributed by atoms with Gasteiger partial charge in [0, 0.05) is 16.2 Å². The molecule has 106 valence electrons. The number of carbonyl (C=O) groups excluding carboxylic acids is 1. The molecule has 0 aliphatic rings. The van der Waals surface area contributed by atoms with Crippen LogP contribution in [0, 0.1) is 0 Å². The molecule has 1 aromatic carbocycles. The van der Waals surface area contributed by atoms with Gasteiger partial charge in [-0.3, -0.25) is 9.89 Å². The number of aromatic nitrogens is 2. The van der Waals surface area contributed by atoms with Gasteiger partial charge in [-0.1, -0.05) is 13.3 Å². The van der Waals surface area contributed by atoms with E-state index in [4.69, 9.17) is 4.74 Å². The molecule has 0 saturated heterocycles. The van der Waals surface area contributed by atoms with Gasteiger partial charge in [-0.2, -0.15) is 5.10 Å². The van der Waals surface area contributed by atoms with Crippen molar-refractivity contribution in [3.05, 3.63) is 40.0 Å². The van der Waals surface area contributed by atoms with Crippen LogP contribution in [-0.4, -0.2) is 23.2 Å². The fraction of sp³-hybridized carbons (Fsp3) is 0.286. The highest BCUT2D eigenvalue weighted by Gasteiger charge is 2.13. The first-order valence-corrected chi connectivity index (χ1v) is 7.12. The molecule has 20 heavy (non-hydrogen) atoms. The number of rotatable bonds is 5. The summed E-state index contributed by atoms with van der Waals surface area (Å²) in [5, 5.41) is 9.73. The largest absolute Gasteiger partial charge is 0.497 e. The van der Waals surface area contributed by atoms with Crippen LogP contribution < -0.4 is 10.1 Å². The number of methoxy groups -OCH3 is 1. The summed E-state index contributed by atoms with van der Waals surface area (Å²) in [4.78, 5) is 12.2. The molecule has 0 bridgehead atoms. The van der Waals surface area contributed by atoms with Crippen molar-refractivity contribution in [2.75, 3.05) is 12.4 Å². The smallest absolute Gasteiger partial charge is 0.258 e. The van der Waals surface area contributed by atoms with Crippen molar-refractivity contribution < 1.29 is 9.53 Å². The minimum Gasteiger partial charge on any atom is -0.497 e.